The molecule has 0 aliphatic carbocycles. The first kappa shape index (κ1) is 16.9. The summed E-state index contributed by atoms with van der Waals surface area (Å²) in [6.45, 7) is 3.99. The fourth-order valence-electron chi connectivity index (χ4n) is 2.62. The second-order valence-corrected chi connectivity index (χ2v) is 7.18. The van der Waals surface area contributed by atoms with Gasteiger partial charge < -0.3 is 4.74 Å². The highest BCUT2D eigenvalue weighted by atomic mass is 32.2. The number of unbranched alkanes of at least 4 members (excludes halogenated alkanes) is 3. The van der Waals surface area contributed by atoms with Crippen molar-refractivity contribution in [2.75, 3.05) is 6.26 Å². The van der Waals surface area contributed by atoms with Crippen molar-refractivity contribution in [2.24, 2.45) is 0 Å². The van der Waals surface area contributed by atoms with Crippen LogP contribution in [0, 0.1) is 0 Å². The Morgan fingerprint density at radius 1 is 1.26 bits per heavy atom. The van der Waals surface area contributed by atoms with Gasteiger partial charge in [0.15, 0.2) is 0 Å². The normalized spacial score (nSPS) is 26.3. The van der Waals surface area contributed by atoms with Gasteiger partial charge in [-0.15, -0.1) is 0 Å². The van der Waals surface area contributed by atoms with E-state index in [0.29, 0.717) is 0 Å². The van der Waals surface area contributed by atoms with Gasteiger partial charge in [0.2, 0.25) is 0 Å². The van der Waals surface area contributed by atoms with Crippen LogP contribution in [0.2, 0.25) is 0 Å². The van der Waals surface area contributed by atoms with Gasteiger partial charge >= 0.3 is 0 Å². The summed E-state index contributed by atoms with van der Waals surface area (Å²) < 4.78 is 33.3. The summed E-state index contributed by atoms with van der Waals surface area (Å²) in [5.74, 6) is 0. The molecule has 0 aromatic rings. The van der Waals surface area contributed by atoms with E-state index in [0.717, 1.165) is 31.9 Å². The molecule has 0 saturated carbocycles. The molecule has 0 amide bonds. The maximum atomic E-state index is 11.1. The molecule has 0 unspecified atom stereocenters. The molecule has 5 heteroatoms. The van der Waals surface area contributed by atoms with E-state index in [9.17, 15) is 8.42 Å². The van der Waals surface area contributed by atoms with Crippen molar-refractivity contribution in [3.8, 4) is 0 Å². The first-order valence-electron chi connectivity index (χ1n) is 7.46. The third kappa shape index (κ3) is 7.28. The van der Waals surface area contributed by atoms with Gasteiger partial charge in [-0.1, -0.05) is 32.6 Å². The minimum atomic E-state index is -3.39. The average Bonchev–Trinajstić information content (AvgIpc) is 2.33. The van der Waals surface area contributed by atoms with Crippen LogP contribution in [0.15, 0.2) is 0 Å². The zero-order chi connectivity index (χ0) is 14.3. The van der Waals surface area contributed by atoms with Gasteiger partial charge in [-0.05, 0) is 32.6 Å². The van der Waals surface area contributed by atoms with Gasteiger partial charge in [0.05, 0.1) is 18.5 Å². The topological polar surface area (TPSA) is 52.6 Å². The SMILES string of the molecule is CCCCCC[C@H]1CCC[C@@H]([C@H](C)OS(C)(=O)=O)O1. The molecule has 1 aliphatic heterocycles. The lowest BCUT2D eigenvalue weighted by Crippen LogP contribution is -2.37. The zero-order valence-corrected chi connectivity index (χ0v) is 13.2. The lowest BCUT2D eigenvalue weighted by Gasteiger charge is -2.33. The lowest BCUT2D eigenvalue weighted by molar-refractivity contribution is -0.0943. The Morgan fingerprint density at radius 2 is 2.00 bits per heavy atom. The van der Waals surface area contributed by atoms with Gasteiger partial charge in [-0.3, -0.25) is 4.18 Å². The van der Waals surface area contributed by atoms with E-state index >= 15 is 0 Å². The Balaban J connectivity index is 2.33. The van der Waals surface area contributed by atoms with Crippen LogP contribution in [-0.2, 0) is 19.0 Å². The summed E-state index contributed by atoms with van der Waals surface area (Å²) in [5.41, 5.74) is 0. The van der Waals surface area contributed by atoms with Gasteiger partial charge in [0, 0.05) is 0 Å². The molecule has 3 atom stereocenters. The van der Waals surface area contributed by atoms with Crippen LogP contribution in [0.4, 0.5) is 0 Å². The van der Waals surface area contributed by atoms with Crippen molar-refractivity contribution in [1.82, 2.24) is 0 Å². The molecule has 0 spiro atoms. The van der Waals surface area contributed by atoms with E-state index in [1.54, 1.807) is 6.92 Å². The van der Waals surface area contributed by atoms with Crippen LogP contribution in [0.25, 0.3) is 0 Å². The Hall–Kier alpha value is -0.130. The first-order valence-corrected chi connectivity index (χ1v) is 9.27. The quantitative estimate of drug-likeness (QED) is 0.509. The molecule has 1 aliphatic rings. The summed E-state index contributed by atoms with van der Waals surface area (Å²) in [4.78, 5) is 0. The second-order valence-electron chi connectivity index (χ2n) is 5.58. The maximum Gasteiger partial charge on any atom is 0.264 e. The van der Waals surface area contributed by atoms with E-state index in [2.05, 4.69) is 6.92 Å². The average molecular weight is 292 g/mol. The molecule has 0 N–H and O–H groups in total. The molecule has 0 aromatic heterocycles. The standard InChI is InChI=1S/C14H28O4S/c1-4-5-6-7-9-13-10-8-11-14(17-13)12(2)18-19(3,15)16/h12-14H,4-11H2,1-3H3/t12-,13-,14-/m0/s1. The Morgan fingerprint density at radius 3 is 2.63 bits per heavy atom. The van der Waals surface area contributed by atoms with Crippen molar-refractivity contribution in [3.63, 3.8) is 0 Å². The molecule has 114 valence electrons. The summed E-state index contributed by atoms with van der Waals surface area (Å²) in [7, 11) is -3.39. The van der Waals surface area contributed by atoms with Crippen LogP contribution in [-0.4, -0.2) is 33.0 Å². The number of hydrogen-bond donors (Lipinski definition) is 0. The first-order chi connectivity index (χ1) is 8.92. The molecule has 0 radical (unpaired) electrons. The highest BCUT2D eigenvalue weighted by Gasteiger charge is 2.28. The van der Waals surface area contributed by atoms with Crippen molar-refractivity contribution >= 4 is 10.1 Å². The number of ether oxygens (including phenoxy) is 1. The maximum absolute atomic E-state index is 11.1. The Bertz CT molecular complexity index is 339. The fraction of sp³-hybridized carbons (Fsp3) is 1.00. The summed E-state index contributed by atoms with van der Waals surface area (Å²) in [6.07, 6.45) is 10.1. The van der Waals surface area contributed by atoms with Gasteiger partial charge in [-0.2, -0.15) is 8.42 Å². The van der Waals surface area contributed by atoms with Crippen molar-refractivity contribution in [1.29, 1.82) is 0 Å². The van der Waals surface area contributed by atoms with Gasteiger partial charge in [-0.25, -0.2) is 0 Å². The molecular weight excluding hydrogens is 264 g/mol. The van der Waals surface area contributed by atoms with Gasteiger partial charge in [0.25, 0.3) is 10.1 Å². The van der Waals surface area contributed by atoms with Crippen molar-refractivity contribution in [3.05, 3.63) is 0 Å². The van der Waals surface area contributed by atoms with Crippen LogP contribution >= 0.6 is 0 Å². The number of hydrogen-bond acceptors (Lipinski definition) is 4. The minimum Gasteiger partial charge on any atom is -0.372 e. The summed E-state index contributed by atoms with van der Waals surface area (Å²) >= 11 is 0. The van der Waals surface area contributed by atoms with Gasteiger partial charge in [0.1, 0.15) is 6.10 Å². The third-order valence-corrected chi connectivity index (χ3v) is 4.26. The fourth-order valence-corrected chi connectivity index (χ4v) is 3.30. The second kappa shape index (κ2) is 8.22. The molecular formula is C14H28O4S. The Labute approximate surface area is 118 Å². The van der Waals surface area contributed by atoms with E-state index in [1.807, 2.05) is 0 Å². The lowest BCUT2D eigenvalue weighted by atomic mass is 9.97. The number of rotatable bonds is 8. The van der Waals surface area contributed by atoms with Crippen LogP contribution in [0.1, 0.15) is 65.2 Å². The predicted octanol–water partition coefficient (Wildman–Crippen LogP) is 3.26. The summed E-state index contributed by atoms with van der Waals surface area (Å²) in [6, 6.07) is 0. The van der Waals surface area contributed by atoms with Crippen molar-refractivity contribution < 1.29 is 17.3 Å². The van der Waals surface area contributed by atoms with Crippen LogP contribution < -0.4 is 0 Å². The van der Waals surface area contributed by atoms with E-state index < -0.39 is 10.1 Å². The van der Waals surface area contributed by atoms with Crippen LogP contribution in [0.3, 0.4) is 0 Å². The van der Waals surface area contributed by atoms with Crippen LogP contribution in [0.5, 0.6) is 0 Å². The summed E-state index contributed by atoms with van der Waals surface area (Å²) in [5, 5.41) is 0. The highest BCUT2D eigenvalue weighted by Crippen LogP contribution is 2.26. The predicted molar refractivity (Wildman–Crippen MR) is 76.7 cm³/mol. The zero-order valence-electron chi connectivity index (χ0n) is 12.4. The largest absolute Gasteiger partial charge is 0.372 e. The molecule has 1 heterocycles. The molecule has 0 aromatic carbocycles. The Kier molecular flexibility index (Phi) is 7.32. The van der Waals surface area contributed by atoms with E-state index in [-0.39, 0.29) is 18.3 Å². The third-order valence-electron chi connectivity index (χ3n) is 3.61. The van der Waals surface area contributed by atoms with E-state index in [1.165, 1.54) is 25.7 Å². The molecule has 1 fully saturated rings. The van der Waals surface area contributed by atoms with Crippen molar-refractivity contribution in [2.45, 2.75) is 83.5 Å². The highest BCUT2D eigenvalue weighted by molar-refractivity contribution is 7.86. The minimum absolute atomic E-state index is 0.0837. The molecule has 4 nitrogen and oxygen atoms in total. The molecule has 1 saturated heterocycles. The molecule has 0 bridgehead atoms. The molecule has 19 heavy (non-hydrogen) atoms. The molecule has 1 rings (SSSR count). The van der Waals surface area contributed by atoms with E-state index in [4.69, 9.17) is 8.92 Å². The monoisotopic (exact) mass is 292 g/mol. The smallest absolute Gasteiger partial charge is 0.264 e.